The molecule has 154 valence electrons. The summed E-state index contributed by atoms with van der Waals surface area (Å²) < 4.78 is 0. The number of nitrogens with one attached hydrogen (secondary N) is 2. The molecule has 3 aromatic rings. The molecule has 2 amide bonds. The van der Waals surface area contributed by atoms with Gasteiger partial charge >= 0.3 is 0 Å². The molecule has 0 saturated carbocycles. The van der Waals surface area contributed by atoms with E-state index < -0.39 is 0 Å². The maximum Gasteiger partial charge on any atom is 0.253 e. The lowest BCUT2D eigenvalue weighted by atomic mass is 10.1. The Bertz CT molecular complexity index is 977. The van der Waals surface area contributed by atoms with Crippen LogP contribution in [0.5, 0.6) is 0 Å². The van der Waals surface area contributed by atoms with Crippen LogP contribution < -0.4 is 10.6 Å². The lowest BCUT2D eigenvalue weighted by molar-refractivity contribution is -0.115. The summed E-state index contributed by atoms with van der Waals surface area (Å²) in [6.07, 6.45) is 0. The molecule has 2 N–H and O–H groups in total. The predicted molar refractivity (Wildman–Crippen MR) is 125 cm³/mol. The van der Waals surface area contributed by atoms with Crippen LogP contribution in [-0.2, 0) is 10.5 Å². The van der Waals surface area contributed by atoms with Crippen LogP contribution >= 0.6 is 11.8 Å². The predicted octanol–water partition coefficient (Wildman–Crippen LogP) is 5.44. The second-order valence-corrected chi connectivity index (χ2v) is 8.41. The van der Waals surface area contributed by atoms with E-state index in [9.17, 15) is 9.59 Å². The van der Waals surface area contributed by atoms with Crippen molar-refractivity contribution in [3.8, 4) is 0 Å². The van der Waals surface area contributed by atoms with Gasteiger partial charge in [-0.15, -0.1) is 11.8 Å². The standard InChI is InChI=1S/C25H26N2O2S/c1-18(21-13-7-4-8-14-21)26-25(29)22-15-9-10-16-23(22)27-24(28)19(2)30-17-20-11-5-3-6-12-20/h3-16,18-19H,17H2,1-2H3,(H,26,29)(H,27,28)/t18-,19+/m0/s1. The zero-order valence-corrected chi connectivity index (χ0v) is 18.0. The zero-order valence-electron chi connectivity index (χ0n) is 17.2. The van der Waals surface area contributed by atoms with E-state index in [-0.39, 0.29) is 23.1 Å². The number of anilines is 1. The summed E-state index contributed by atoms with van der Waals surface area (Å²) in [6, 6.07) is 26.8. The van der Waals surface area contributed by atoms with Crippen molar-refractivity contribution in [3.05, 3.63) is 102 Å². The molecule has 0 fully saturated rings. The summed E-state index contributed by atoms with van der Waals surface area (Å²) in [6.45, 7) is 3.82. The number of hydrogen-bond acceptors (Lipinski definition) is 3. The summed E-state index contributed by atoms with van der Waals surface area (Å²) in [5.41, 5.74) is 3.18. The second kappa shape index (κ2) is 10.6. The second-order valence-electron chi connectivity index (χ2n) is 7.08. The van der Waals surface area contributed by atoms with Crippen LogP contribution in [0.15, 0.2) is 84.9 Å². The van der Waals surface area contributed by atoms with Crippen molar-refractivity contribution in [2.45, 2.75) is 30.9 Å². The Morgan fingerprint density at radius 1 is 0.833 bits per heavy atom. The minimum Gasteiger partial charge on any atom is -0.345 e. The fourth-order valence-corrected chi connectivity index (χ4v) is 3.84. The van der Waals surface area contributed by atoms with Gasteiger partial charge in [-0.1, -0.05) is 72.8 Å². The van der Waals surface area contributed by atoms with E-state index >= 15 is 0 Å². The first-order valence-electron chi connectivity index (χ1n) is 9.96. The minimum absolute atomic E-state index is 0.118. The lowest BCUT2D eigenvalue weighted by Gasteiger charge is -2.17. The van der Waals surface area contributed by atoms with Gasteiger partial charge in [0.2, 0.25) is 5.91 Å². The number of rotatable bonds is 8. The van der Waals surface area contributed by atoms with Crippen LogP contribution in [0.3, 0.4) is 0 Å². The molecule has 0 radical (unpaired) electrons. The summed E-state index contributed by atoms with van der Waals surface area (Å²) >= 11 is 1.57. The molecule has 5 heteroatoms. The number of benzene rings is 3. The highest BCUT2D eigenvalue weighted by Gasteiger charge is 2.19. The van der Waals surface area contributed by atoms with Gasteiger partial charge in [-0.2, -0.15) is 0 Å². The Labute approximate surface area is 182 Å². The summed E-state index contributed by atoms with van der Waals surface area (Å²) in [4.78, 5) is 25.5. The molecular weight excluding hydrogens is 392 g/mol. The van der Waals surface area contributed by atoms with Crippen molar-refractivity contribution in [2.75, 3.05) is 5.32 Å². The Balaban J connectivity index is 1.62. The number of hydrogen-bond donors (Lipinski definition) is 2. The first kappa shape index (κ1) is 21.7. The Kier molecular flexibility index (Phi) is 7.69. The van der Waals surface area contributed by atoms with Crippen molar-refractivity contribution in [1.82, 2.24) is 5.32 Å². The first-order chi connectivity index (χ1) is 14.5. The molecule has 0 aliphatic rings. The number of carbonyl (C=O) groups excluding carboxylic acids is 2. The fraction of sp³-hybridized carbons (Fsp3) is 0.200. The number of thioether (sulfide) groups is 1. The van der Waals surface area contributed by atoms with E-state index in [1.165, 1.54) is 5.56 Å². The van der Waals surface area contributed by atoms with E-state index in [2.05, 4.69) is 10.6 Å². The normalized spacial score (nSPS) is 12.6. The highest BCUT2D eigenvalue weighted by molar-refractivity contribution is 7.99. The van der Waals surface area contributed by atoms with E-state index in [0.717, 1.165) is 11.3 Å². The molecule has 0 bridgehead atoms. The van der Waals surface area contributed by atoms with Gasteiger partial charge in [0.05, 0.1) is 22.5 Å². The summed E-state index contributed by atoms with van der Waals surface area (Å²) in [5, 5.41) is 5.68. The van der Waals surface area contributed by atoms with Crippen LogP contribution in [0.1, 0.15) is 41.4 Å². The SMILES string of the molecule is C[C@H](NC(=O)c1ccccc1NC(=O)[C@@H](C)SCc1ccccc1)c1ccccc1. The van der Waals surface area contributed by atoms with Crippen LogP contribution in [0, 0.1) is 0 Å². The smallest absolute Gasteiger partial charge is 0.253 e. The van der Waals surface area contributed by atoms with E-state index in [0.29, 0.717) is 11.3 Å². The van der Waals surface area contributed by atoms with Gasteiger partial charge in [-0.25, -0.2) is 0 Å². The third-order valence-corrected chi connectivity index (χ3v) is 6.00. The molecule has 3 aromatic carbocycles. The monoisotopic (exact) mass is 418 g/mol. The third kappa shape index (κ3) is 5.97. The van der Waals surface area contributed by atoms with Crippen molar-refractivity contribution < 1.29 is 9.59 Å². The van der Waals surface area contributed by atoms with Crippen molar-refractivity contribution in [3.63, 3.8) is 0 Å². The topological polar surface area (TPSA) is 58.2 Å². The minimum atomic E-state index is -0.246. The molecule has 0 aromatic heterocycles. The highest BCUT2D eigenvalue weighted by atomic mass is 32.2. The van der Waals surface area contributed by atoms with Crippen LogP contribution in [-0.4, -0.2) is 17.1 Å². The molecule has 3 rings (SSSR count). The summed E-state index contributed by atoms with van der Waals surface area (Å²) in [5.74, 6) is 0.422. The number of carbonyl (C=O) groups is 2. The fourth-order valence-electron chi connectivity index (χ4n) is 3.00. The van der Waals surface area contributed by atoms with E-state index in [4.69, 9.17) is 0 Å². The Morgan fingerprint density at radius 3 is 2.13 bits per heavy atom. The average molecular weight is 419 g/mol. The largest absolute Gasteiger partial charge is 0.345 e. The van der Waals surface area contributed by atoms with Crippen LogP contribution in [0.2, 0.25) is 0 Å². The van der Waals surface area contributed by atoms with Gasteiger partial charge in [0.15, 0.2) is 0 Å². The van der Waals surface area contributed by atoms with Crippen molar-refractivity contribution in [1.29, 1.82) is 0 Å². The van der Waals surface area contributed by atoms with Crippen LogP contribution in [0.25, 0.3) is 0 Å². The molecule has 0 heterocycles. The average Bonchev–Trinajstić information content (AvgIpc) is 2.79. The van der Waals surface area contributed by atoms with Gasteiger partial charge in [0.1, 0.15) is 0 Å². The Hall–Kier alpha value is -3.05. The number of amides is 2. The van der Waals surface area contributed by atoms with E-state index in [1.807, 2.05) is 80.6 Å². The maximum atomic E-state index is 12.8. The van der Waals surface area contributed by atoms with Gasteiger partial charge < -0.3 is 10.6 Å². The molecule has 0 unspecified atom stereocenters. The molecule has 0 aliphatic heterocycles. The molecule has 0 spiro atoms. The molecule has 0 aliphatic carbocycles. The quantitative estimate of drug-likeness (QED) is 0.512. The highest BCUT2D eigenvalue weighted by Crippen LogP contribution is 2.22. The summed E-state index contributed by atoms with van der Waals surface area (Å²) in [7, 11) is 0. The molecule has 2 atom stereocenters. The maximum absolute atomic E-state index is 12.8. The molecular formula is C25H26N2O2S. The van der Waals surface area contributed by atoms with Gasteiger partial charge in [0, 0.05) is 5.75 Å². The molecule has 0 saturated heterocycles. The van der Waals surface area contributed by atoms with Gasteiger partial charge in [-0.05, 0) is 37.1 Å². The van der Waals surface area contributed by atoms with Crippen molar-refractivity contribution in [2.24, 2.45) is 0 Å². The third-order valence-electron chi connectivity index (χ3n) is 4.79. The van der Waals surface area contributed by atoms with Crippen molar-refractivity contribution >= 4 is 29.3 Å². The molecule has 30 heavy (non-hydrogen) atoms. The zero-order chi connectivity index (χ0) is 21.3. The Morgan fingerprint density at radius 2 is 1.43 bits per heavy atom. The molecule has 4 nitrogen and oxygen atoms in total. The lowest BCUT2D eigenvalue weighted by Crippen LogP contribution is -2.29. The van der Waals surface area contributed by atoms with Gasteiger partial charge in [0.25, 0.3) is 5.91 Å². The van der Waals surface area contributed by atoms with Gasteiger partial charge in [-0.3, -0.25) is 9.59 Å². The van der Waals surface area contributed by atoms with Crippen LogP contribution in [0.4, 0.5) is 5.69 Å². The van der Waals surface area contributed by atoms with E-state index in [1.54, 1.807) is 30.0 Å². The number of para-hydroxylation sites is 1. The first-order valence-corrected chi connectivity index (χ1v) is 11.0.